The van der Waals surface area contributed by atoms with E-state index in [-0.39, 0.29) is 6.01 Å². The van der Waals surface area contributed by atoms with Gasteiger partial charge in [-0.25, -0.2) is 8.78 Å². The lowest BCUT2D eigenvalue weighted by atomic mass is 10.1. The Morgan fingerprint density at radius 2 is 1.86 bits per heavy atom. The molecule has 1 saturated carbocycles. The van der Waals surface area contributed by atoms with Crippen molar-refractivity contribution in [2.75, 3.05) is 50.0 Å². The summed E-state index contributed by atoms with van der Waals surface area (Å²) in [4.78, 5) is 17.9. The number of likely N-dealkylation sites (N-methyl/N-ethyl adjacent to an activating group) is 1. The van der Waals surface area contributed by atoms with Crippen LogP contribution in [0.15, 0.2) is 34.3 Å². The monoisotopic (exact) mass is 478 g/mol. The Kier molecular flexibility index (Phi) is 5.51. The summed E-state index contributed by atoms with van der Waals surface area (Å²) < 4.78 is 35.8. The Morgan fingerprint density at radius 3 is 2.63 bits per heavy atom. The summed E-state index contributed by atoms with van der Waals surface area (Å²) in [6.07, 6.45) is 6.78. The molecule has 2 aromatic rings. The molecule has 0 radical (unpaired) electrons. The van der Waals surface area contributed by atoms with Crippen molar-refractivity contribution >= 4 is 23.5 Å². The van der Waals surface area contributed by atoms with Gasteiger partial charge in [0.05, 0.1) is 6.54 Å². The van der Waals surface area contributed by atoms with Gasteiger partial charge in [0.2, 0.25) is 5.75 Å². The largest absolute Gasteiger partial charge is 0.418 e. The van der Waals surface area contributed by atoms with Gasteiger partial charge < -0.3 is 19.9 Å². The number of rotatable bonds is 5. The third-order valence-corrected chi connectivity index (χ3v) is 6.98. The van der Waals surface area contributed by atoms with Gasteiger partial charge in [-0.1, -0.05) is 11.6 Å². The summed E-state index contributed by atoms with van der Waals surface area (Å²) in [5, 5.41) is 3.25. The van der Waals surface area contributed by atoms with E-state index in [0.29, 0.717) is 41.6 Å². The maximum atomic E-state index is 15.2. The number of aromatic nitrogens is 2. The van der Waals surface area contributed by atoms with Crippen LogP contribution in [0.5, 0.6) is 11.8 Å². The lowest BCUT2D eigenvalue weighted by molar-refractivity contribution is 0.311. The van der Waals surface area contributed by atoms with Crippen LogP contribution >= 0.6 is 0 Å². The highest BCUT2D eigenvalue weighted by Gasteiger charge is 2.28. The van der Waals surface area contributed by atoms with Crippen LogP contribution in [0.3, 0.4) is 0 Å². The van der Waals surface area contributed by atoms with E-state index in [1.54, 1.807) is 6.08 Å². The maximum absolute atomic E-state index is 15.2. The minimum atomic E-state index is -0.760. The summed E-state index contributed by atoms with van der Waals surface area (Å²) in [6.45, 7) is 5.94. The average molecular weight is 479 g/mol. The van der Waals surface area contributed by atoms with Gasteiger partial charge in [-0.3, -0.25) is 4.99 Å². The first-order valence-corrected chi connectivity index (χ1v) is 12.1. The Balaban J connectivity index is 1.32. The van der Waals surface area contributed by atoms with Crippen molar-refractivity contribution in [3.8, 4) is 11.8 Å². The molecule has 1 aromatic heterocycles. The maximum Gasteiger partial charge on any atom is 0.326 e. The van der Waals surface area contributed by atoms with Crippen LogP contribution < -0.4 is 15.0 Å². The van der Waals surface area contributed by atoms with Gasteiger partial charge in [-0.15, -0.1) is 0 Å². The van der Waals surface area contributed by atoms with Gasteiger partial charge in [-0.2, -0.15) is 9.97 Å². The molecule has 35 heavy (non-hydrogen) atoms. The number of ether oxygens (including phenoxy) is 1. The van der Waals surface area contributed by atoms with Crippen LogP contribution in [0, 0.1) is 17.6 Å². The molecule has 2 aliphatic heterocycles. The van der Waals surface area contributed by atoms with Gasteiger partial charge >= 0.3 is 6.01 Å². The van der Waals surface area contributed by atoms with Crippen LogP contribution in [-0.2, 0) is 6.42 Å². The first-order chi connectivity index (χ1) is 16.9. The normalized spacial score (nSPS) is 19.9. The number of amidine groups is 1. The standard InChI is InChI=1S/C26H28F2N6O/c1-15-9-17-11-20(27)25(24(28)19(17)10-15)35-26-31-22(30-21-12-18(14-29-21)16-3-4-16)13-23(32-26)34-7-5-33(2)6-8-34/h10-13,16H,3-9,14H2,1-2H3,(H,29,30,31,32). The van der Waals surface area contributed by atoms with E-state index in [2.05, 4.69) is 43.2 Å². The van der Waals surface area contributed by atoms with Gasteiger partial charge in [0.15, 0.2) is 11.6 Å². The highest BCUT2D eigenvalue weighted by Crippen LogP contribution is 2.38. The lowest BCUT2D eigenvalue weighted by Crippen LogP contribution is -2.44. The van der Waals surface area contributed by atoms with Crippen LogP contribution in [0.2, 0.25) is 0 Å². The zero-order chi connectivity index (χ0) is 24.1. The second-order valence-electron chi connectivity index (χ2n) is 9.85. The van der Waals surface area contributed by atoms with Crippen molar-refractivity contribution in [3.63, 3.8) is 0 Å². The Hall–Kier alpha value is -3.33. The number of hydrogen-bond acceptors (Lipinski definition) is 7. The lowest BCUT2D eigenvalue weighted by Gasteiger charge is -2.33. The predicted molar refractivity (Wildman–Crippen MR) is 132 cm³/mol. The van der Waals surface area contributed by atoms with Crippen LogP contribution in [0.1, 0.15) is 30.9 Å². The zero-order valence-electron chi connectivity index (χ0n) is 19.9. The topological polar surface area (TPSA) is 65.9 Å². The molecule has 0 bridgehead atoms. The summed E-state index contributed by atoms with van der Waals surface area (Å²) in [7, 11) is 2.08. The van der Waals surface area contributed by atoms with E-state index in [1.165, 1.54) is 24.5 Å². The number of aliphatic imine (C=N–C) groups is 1. The summed E-state index contributed by atoms with van der Waals surface area (Å²) in [5.41, 5.74) is 3.30. The van der Waals surface area contributed by atoms with Crippen molar-refractivity contribution in [1.82, 2.24) is 14.9 Å². The van der Waals surface area contributed by atoms with Gasteiger partial charge in [-0.05, 0) is 62.4 Å². The molecular formula is C26H28F2N6O. The molecule has 0 spiro atoms. The van der Waals surface area contributed by atoms with Crippen molar-refractivity contribution < 1.29 is 13.5 Å². The second kappa shape index (κ2) is 8.71. The molecule has 3 heterocycles. The Labute approximate surface area is 203 Å². The molecule has 1 N–H and O–H groups in total. The fourth-order valence-electron chi connectivity index (χ4n) is 4.82. The summed E-state index contributed by atoms with van der Waals surface area (Å²) in [5.74, 6) is 0.539. The van der Waals surface area contributed by atoms with E-state index in [9.17, 15) is 4.39 Å². The quantitative estimate of drug-likeness (QED) is 0.687. The van der Waals surface area contributed by atoms with E-state index in [1.807, 2.05) is 13.0 Å². The van der Waals surface area contributed by atoms with Crippen molar-refractivity contribution in [1.29, 1.82) is 0 Å². The molecule has 0 unspecified atom stereocenters. The predicted octanol–water partition coefficient (Wildman–Crippen LogP) is 4.42. The number of benzene rings is 1. The average Bonchev–Trinajstić information content (AvgIpc) is 3.47. The number of piperazine rings is 1. The minimum absolute atomic E-state index is 0.106. The van der Waals surface area contributed by atoms with Crippen molar-refractivity contribution in [3.05, 3.63) is 52.1 Å². The van der Waals surface area contributed by atoms with Crippen molar-refractivity contribution in [2.45, 2.75) is 26.2 Å². The molecule has 6 rings (SSSR count). The smallest absolute Gasteiger partial charge is 0.326 e. The number of allylic oxidation sites excluding steroid dienone is 1. The molecule has 7 nitrogen and oxygen atoms in total. The van der Waals surface area contributed by atoms with Crippen molar-refractivity contribution in [2.24, 2.45) is 10.9 Å². The third-order valence-electron chi connectivity index (χ3n) is 6.98. The Bertz CT molecular complexity index is 1280. The molecule has 182 valence electrons. The first kappa shape index (κ1) is 22.2. The first-order valence-electron chi connectivity index (χ1n) is 12.1. The number of anilines is 2. The van der Waals surface area contributed by atoms with E-state index < -0.39 is 17.4 Å². The zero-order valence-corrected chi connectivity index (χ0v) is 19.9. The SMILES string of the molecule is CC1=Cc2c(cc(F)c(Oc3nc(NC4=NCC(C5CC5)=C4)cc(N4CCN(C)CC4)n3)c2F)C1. The molecule has 9 heteroatoms. The molecule has 0 atom stereocenters. The van der Waals surface area contributed by atoms with Gasteiger partial charge in [0.25, 0.3) is 0 Å². The van der Waals surface area contributed by atoms with Gasteiger partial charge in [0.1, 0.15) is 17.5 Å². The molecule has 2 aliphatic carbocycles. The number of hydrogen-bond donors (Lipinski definition) is 1. The fraction of sp³-hybridized carbons (Fsp3) is 0.423. The number of nitrogens with one attached hydrogen (secondary N) is 1. The van der Waals surface area contributed by atoms with E-state index >= 15 is 4.39 Å². The van der Waals surface area contributed by atoms with Crippen LogP contribution in [-0.4, -0.2) is 60.5 Å². The fourth-order valence-corrected chi connectivity index (χ4v) is 4.82. The van der Waals surface area contributed by atoms with E-state index in [0.717, 1.165) is 37.6 Å². The van der Waals surface area contributed by atoms with Gasteiger partial charge in [0, 0.05) is 37.8 Å². The van der Waals surface area contributed by atoms with Crippen LogP contribution in [0.25, 0.3) is 6.08 Å². The molecule has 2 fully saturated rings. The molecule has 0 amide bonds. The Morgan fingerprint density at radius 1 is 1.06 bits per heavy atom. The highest BCUT2D eigenvalue weighted by atomic mass is 19.1. The summed E-state index contributed by atoms with van der Waals surface area (Å²) in [6, 6.07) is 3.07. The molecule has 1 saturated heterocycles. The number of fused-ring (bicyclic) bond motifs is 1. The highest BCUT2D eigenvalue weighted by molar-refractivity contribution is 6.05. The minimum Gasteiger partial charge on any atom is -0.418 e. The van der Waals surface area contributed by atoms with E-state index in [4.69, 9.17) is 4.74 Å². The molecular weight excluding hydrogens is 450 g/mol. The number of halogens is 2. The summed E-state index contributed by atoms with van der Waals surface area (Å²) >= 11 is 0. The number of nitrogens with zero attached hydrogens (tertiary/aromatic N) is 5. The van der Waals surface area contributed by atoms with Crippen LogP contribution in [0.4, 0.5) is 20.4 Å². The second-order valence-corrected chi connectivity index (χ2v) is 9.85. The molecule has 4 aliphatic rings. The molecule has 1 aromatic carbocycles. The third kappa shape index (κ3) is 4.52.